The van der Waals surface area contributed by atoms with E-state index in [9.17, 15) is 9.59 Å². The maximum Gasteiger partial charge on any atom is 0.274 e. The Kier molecular flexibility index (Phi) is 4.09. The zero-order valence-corrected chi connectivity index (χ0v) is 15.7. The van der Waals surface area contributed by atoms with Gasteiger partial charge in [0, 0.05) is 18.7 Å². The molecule has 29 heavy (non-hydrogen) atoms. The van der Waals surface area contributed by atoms with Crippen molar-refractivity contribution in [3.63, 3.8) is 0 Å². The van der Waals surface area contributed by atoms with Gasteiger partial charge in [-0.15, -0.1) is 0 Å². The van der Waals surface area contributed by atoms with Crippen molar-refractivity contribution in [3.05, 3.63) is 58.7 Å². The monoisotopic (exact) mass is 392 g/mol. The quantitative estimate of drug-likeness (QED) is 0.523. The molecule has 0 radical (unpaired) electrons. The van der Waals surface area contributed by atoms with E-state index in [1.165, 1.54) is 0 Å². The SMILES string of the molecule is O=C(NO)c1ccc2c(c1)CC[C@@]1(CCN(Cc3ccc4nonc4c3)C1=O)C2. The lowest BCUT2D eigenvalue weighted by molar-refractivity contribution is -0.137. The summed E-state index contributed by atoms with van der Waals surface area (Å²) in [6, 6.07) is 11.1. The van der Waals surface area contributed by atoms with Crippen molar-refractivity contribution < 1.29 is 19.4 Å². The van der Waals surface area contributed by atoms with Gasteiger partial charge in [0.25, 0.3) is 5.91 Å². The van der Waals surface area contributed by atoms with E-state index >= 15 is 0 Å². The van der Waals surface area contributed by atoms with Crippen LogP contribution in [0.1, 0.15) is 39.9 Å². The second-order valence-electron chi connectivity index (χ2n) is 7.95. The summed E-state index contributed by atoms with van der Waals surface area (Å²) in [6.45, 7) is 1.28. The van der Waals surface area contributed by atoms with Crippen molar-refractivity contribution in [2.75, 3.05) is 6.54 Å². The van der Waals surface area contributed by atoms with Gasteiger partial charge >= 0.3 is 0 Å². The van der Waals surface area contributed by atoms with Gasteiger partial charge in [0.1, 0.15) is 11.0 Å². The molecule has 0 bridgehead atoms. The number of amides is 2. The van der Waals surface area contributed by atoms with E-state index in [1.54, 1.807) is 11.5 Å². The van der Waals surface area contributed by atoms with Gasteiger partial charge in [0.2, 0.25) is 5.91 Å². The molecule has 2 aromatic carbocycles. The minimum Gasteiger partial charge on any atom is -0.338 e. The highest BCUT2D eigenvalue weighted by molar-refractivity contribution is 5.93. The summed E-state index contributed by atoms with van der Waals surface area (Å²) in [7, 11) is 0. The molecular weight excluding hydrogens is 372 g/mol. The van der Waals surface area contributed by atoms with Crippen LogP contribution in [0.5, 0.6) is 0 Å². The van der Waals surface area contributed by atoms with E-state index in [-0.39, 0.29) is 11.3 Å². The summed E-state index contributed by atoms with van der Waals surface area (Å²) in [4.78, 5) is 26.9. The predicted molar refractivity (Wildman–Crippen MR) is 102 cm³/mol. The Morgan fingerprint density at radius 2 is 2.00 bits per heavy atom. The van der Waals surface area contributed by atoms with Crippen molar-refractivity contribution in [2.24, 2.45) is 5.41 Å². The van der Waals surface area contributed by atoms with Gasteiger partial charge in [-0.2, -0.15) is 0 Å². The Morgan fingerprint density at radius 1 is 1.14 bits per heavy atom. The van der Waals surface area contributed by atoms with Crippen molar-refractivity contribution in [1.82, 2.24) is 20.7 Å². The zero-order chi connectivity index (χ0) is 20.0. The molecule has 1 aliphatic carbocycles. The Balaban J connectivity index is 1.34. The smallest absolute Gasteiger partial charge is 0.274 e. The van der Waals surface area contributed by atoms with Crippen molar-refractivity contribution >= 4 is 22.8 Å². The molecule has 3 aromatic rings. The van der Waals surface area contributed by atoms with Gasteiger partial charge in [-0.1, -0.05) is 12.1 Å². The van der Waals surface area contributed by atoms with Crippen LogP contribution in [0.3, 0.4) is 0 Å². The molecule has 1 saturated heterocycles. The fraction of sp³-hybridized carbons (Fsp3) is 0.333. The molecule has 1 spiro atoms. The lowest BCUT2D eigenvalue weighted by atomic mass is 9.70. The molecule has 1 aliphatic heterocycles. The molecule has 148 valence electrons. The predicted octanol–water partition coefficient (Wildman–Crippen LogP) is 2.25. The van der Waals surface area contributed by atoms with Crippen molar-refractivity contribution in [2.45, 2.75) is 32.2 Å². The molecule has 8 heteroatoms. The topological polar surface area (TPSA) is 109 Å². The number of aromatic nitrogens is 2. The number of carbonyl (C=O) groups excluding carboxylic acids is 2. The van der Waals surface area contributed by atoms with Gasteiger partial charge in [-0.3, -0.25) is 14.8 Å². The maximum atomic E-state index is 13.3. The van der Waals surface area contributed by atoms with E-state index < -0.39 is 5.91 Å². The van der Waals surface area contributed by atoms with Crippen LogP contribution < -0.4 is 5.48 Å². The van der Waals surface area contributed by atoms with Crippen LogP contribution in [0.2, 0.25) is 0 Å². The van der Waals surface area contributed by atoms with Crippen LogP contribution in [0.15, 0.2) is 41.0 Å². The molecule has 2 N–H and O–H groups in total. The van der Waals surface area contributed by atoms with E-state index in [4.69, 9.17) is 9.84 Å². The molecule has 1 aromatic heterocycles. The number of hydrogen-bond donors (Lipinski definition) is 2. The summed E-state index contributed by atoms with van der Waals surface area (Å²) in [6.07, 6.45) is 3.03. The summed E-state index contributed by atoms with van der Waals surface area (Å²) < 4.78 is 4.75. The highest BCUT2D eigenvalue weighted by atomic mass is 16.6. The van der Waals surface area contributed by atoms with E-state index in [1.807, 2.05) is 35.2 Å². The number of hydrogen-bond acceptors (Lipinski definition) is 6. The normalized spacial score (nSPS) is 21.0. The van der Waals surface area contributed by atoms with E-state index in [0.29, 0.717) is 29.6 Å². The summed E-state index contributed by atoms with van der Waals surface area (Å²) in [5.74, 6) is -0.325. The number of nitrogens with one attached hydrogen (secondary N) is 1. The second-order valence-corrected chi connectivity index (χ2v) is 7.95. The number of nitrogens with zero attached hydrogens (tertiary/aromatic N) is 3. The van der Waals surface area contributed by atoms with E-state index in [2.05, 4.69) is 10.3 Å². The highest BCUT2D eigenvalue weighted by Crippen LogP contribution is 2.44. The molecule has 0 saturated carbocycles. The fourth-order valence-corrected chi connectivity index (χ4v) is 4.65. The summed E-state index contributed by atoms with van der Waals surface area (Å²) >= 11 is 0. The molecule has 2 heterocycles. The number of benzene rings is 2. The number of carbonyl (C=O) groups is 2. The third kappa shape index (κ3) is 2.96. The number of rotatable bonds is 3. The van der Waals surface area contributed by atoms with Gasteiger partial charge in [0.05, 0.1) is 5.41 Å². The first-order chi connectivity index (χ1) is 14.1. The standard InChI is InChI=1S/C21H20N4O4/c26-19(22-28)15-2-3-16-11-21(6-5-14(16)10-15)7-8-25(20(21)27)12-13-1-4-17-18(9-13)24-29-23-17/h1-4,9-10,28H,5-8,11-12H2,(H,22,26)/t21-/m1/s1. The molecule has 2 aliphatic rings. The molecular formula is C21H20N4O4. The Hall–Kier alpha value is -3.26. The lowest BCUT2D eigenvalue weighted by Crippen LogP contribution is -2.38. The number of aryl methyl sites for hydroxylation is 1. The molecule has 0 unspecified atom stereocenters. The molecule has 2 amide bonds. The van der Waals surface area contributed by atoms with Crippen LogP contribution in [0, 0.1) is 5.41 Å². The highest BCUT2D eigenvalue weighted by Gasteiger charge is 2.48. The number of fused-ring (bicyclic) bond motifs is 2. The minimum absolute atomic E-state index is 0.193. The van der Waals surface area contributed by atoms with Gasteiger partial charge in [-0.25, -0.2) is 10.1 Å². The summed E-state index contributed by atoms with van der Waals surface area (Å²) in [5.41, 5.74) is 6.32. The Bertz CT molecular complexity index is 1120. The number of likely N-dealkylation sites (tertiary alicyclic amines) is 1. The number of hydroxylamine groups is 1. The van der Waals surface area contributed by atoms with E-state index in [0.717, 1.165) is 42.5 Å². The first kappa shape index (κ1) is 17.8. The van der Waals surface area contributed by atoms with Crippen LogP contribution >= 0.6 is 0 Å². The van der Waals surface area contributed by atoms with Crippen molar-refractivity contribution in [3.8, 4) is 0 Å². The third-order valence-corrected chi connectivity index (χ3v) is 6.26. The molecule has 8 nitrogen and oxygen atoms in total. The van der Waals surface area contributed by atoms with Crippen LogP contribution in [-0.2, 0) is 24.2 Å². The third-order valence-electron chi connectivity index (χ3n) is 6.26. The minimum atomic E-state index is -0.518. The Morgan fingerprint density at radius 3 is 2.86 bits per heavy atom. The Labute approximate surface area is 166 Å². The van der Waals surface area contributed by atoms with Crippen LogP contribution in [-0.4, -0.2) is 38.8 Å². The molecule has 1 atom stereocenters. The largest absolute Gasteiger partial charge is 0.338 e. The lowest BCUT2D eigenvalue weighted by Gasteiger charge is -2.33. The average molecular weight is 392 g/mol. The van der Waals surface area contributed by atoms with Gasteiger partial charge < -0.3 is 4.90 Å². The van der Waals surface area contributed by atoms with Crippen LogP contribution in [0.4, 0.5) is 0 Å². The van der Waals surface area contributed by atoms with Crippen LogP contribution in [0.25, 0.3) is 11.0 Å². The first-order valence-corrected chi connectivity index (χ1v) is 9.65. The second kappa shape index (κ2) is 6.66. The molecule has 5 rings (SSSR count). The fourth-order valence-electron chi connectivity index (χ4n) is 4.65. The molecule has 1 fully saturated rings. The van der Waals surface area contributed by atoms with Gasteiger partial charge in [-0.05, 0) is 77.0 Å². The summed E-state index contributed by atoms with van der Waals surface area (Å²) in [5, 5.41) is 16.5. The van der Waals surface area contributed by atoms with Crippen molar-refractivity contribution in [1.29, 1.82) is 0 Å². The van der Waals surface area contributed by atoms with Gasteiger partial charge in [0.15, 0.2) is 0 Å². The first-order valence-electron chi connectivity index (χ1n) is 9.65. The zero-order valence-electron chi connectivity index (χ0n) is 15.7. The maximum absolute atomic E-state index is 13.3. The average Bonchev–Trinajstić information content (AvgIpc) is 3.33.